The number of carbonyl (C=O) groups excluding carboxylic acids is 1. The number of nitrogens with zero attached hydrogens (tertiary/aromatic N) is 3. The summed E-state index contributed by atoms with van der Waals surface area (Å²) in [7, 11) is 0. The molecule has 160 valence electrons. The first-order chi connectivity index (χ1) is 14.6. The number of rotatable bonds is 5. The molecule has 0 aromatic heterocycles. The van der Waals surface area contributed by atoms with Crippen LogP contribution in [0, 0.1) is 10.1 Å². The highest BCUT2D eigenvalue weighted by Crippen LogP contribution is 2.29. The van der Waals surface area contributed by atoms with Crippen LogP contribution >= 0.6 is 12.4 Å². The second-order valence-corrected chi connectivity index (χ2v) is 7.36. The molecule has 1 aliphatic heterocycles. The number of non-ortho nitro benzene ring substituents is 1. The molecular weight excluding hydrogens is 414 g/mol. The van der Waals surface area contributed by atoms with Crippen LogP contribution in [0.2, 0.25) is 0 Å². The molecule has 1 fully saturated rings. The van der Waals surface area contributed by atoms with Gasteiger partial charge in [0.1, 0.15) is 0 Å². The van der Waals surface area contributed by atoms with E-state index in [1.807, 2.05) is 36.4 Å². The van der Waals surface area contributed by atoms with Gasteiger partial charge in [-0.1, -0.05) is 66.7 Å². The van der Waals surface area contributed by atoms with E-state index in [0.29, 0.717) is 18.7 Å². The van der Waals surface area contributed by atoms with Gasteiger partial charge in [0, 0.05) is 43.9 Å². The quantitative estimate of drug-likeness (QED) is 0.433. The van der Waals surface area contributed by atoms with Crippen LogP contribution in [0.5, 0.6) is 0 Å². The fourth-order valence-corrected chi connectivity index (χ4v) is 4.00. The van der Waals surface area contributed by atoms with Crippen LogP contribution in [-0.2, 0) is 0 Å². The number of piperazine rings is 1. The Morgan fingerprint density at radius 2 is 1.35 bits per heavy atom. The Morgan fingerprint density at radius 3 is 1.87 bits per heavy atom. The number of hydrogen-bond acceptors (Lipinski definition) is 4. The summed E-state index contributed by atoms with van der Waals surface area (Å²) in [5.41, 5.74) is 2.75. The van der Waals surface area contributed by atoms with Gasteiger partial charge >= 0.3 is 0 Å². The summed E-state index contributed by atoms with van der Waals surface area (Å²) in [6, 6.07) is 26.9. The molecule has 4 rings (SSSR count). The van der Waals surface area contributed by atoms with Crippen LogP contribution < -0.4 is 0 Å². The van der Waals surface area contributed by atoms with Crippen LogP contribution in [0.15, 0.2) is 84.9 Å². The topological polar surface area (TPSA) is 66.7 Å². The number of halogens is 1. The van der Waals surface area contributed by atoms with Gasteiger partial charge < -0.3 is 4.90 Å². The van der Waals surface area contributed by atoms with Crippen molar-refractivity contribution in [1.29, 1.82) is 0 Å². The van der Waals surface area contributed by atoms with Crippen LogP contribution in [0.4, 0.5) is 5.69 Å². The minimum Gasteiger partial charge on any atom is -0.336 e. The Labute approximate surface area is 187 Å². The normalized spacial score (nSPS) is 14.2. The monoisotopic (exact) mass is 437 g/mol. The van der Waals surface area contributed by atoms with Crippen molar-refractivity contribution in [3.05, 3.63) is 112 Å². The minimum atomic E-state index is -0.473. The summed E-state index contributed by atoms with van der Waals surface area (Å²) in [5, 5.41) is 11.0. The van der Waals surface area contributed by atoms with Gasteiger partial charge in [-0.05, 0) is 17.2 Å². The van der Waals surface area contributed by atoms with Crippen molar-refractivity contribution in [2.75, 3.05) is 26.2 Å². The number of benzene rings is 3. The molecule has 3 aromatic carbocycles. The van der Waals surface area contributed by atoms with E-state index in [-0.39, 0.29) is 30.0 Å². The molecule has 1 heterocycles. The molecule has 1 saturated heterocycles. The van der Waals surface area contributed by atoms with Crippen molar-refractivity contribution < 1.29 is 9.72 Å². The number of carbonyl (C=O) groups is 1. The number of hydrogen-bond donors (Lipinski definition) is 0. The Balaban J connectivity index is 0.00000272. The SMILES string of the molecule is Cl.O=C(c1cccc([N+](=O)[O-])c1)N1CCN(C(c2ccccc2)c2ccccc2)CC1. The Kier molecular flexibility index (Phi) is 7.39. The van der Waals surface area contributed by atoms with E-state index in [9.17, 15) is 14.9 Å². The molecule has 1 aliphatic rings. The van der Waals surface area contributed by atoms with Crippen LogP contribution in [0.3, 0.4) is 0 Å². The van der Waals surface area contributed by atoms with E-state index < -0.39 is 4.92 Å². The average Bonchev–Trinajstić information content (AvgIpc) is 2.81. The third-order valence-electron chi connectivity index (χ3n) is 5.50. The molecule has 0 atom stereocenters. The summed E-state index contributed by atoms with van der Waals surface area (Å²) < 4.78 is 0. The second kappa shape index (κ2) is 10.2. The maximum Gasteiger partial charge on any atom is 0.270 e. The predicted octanol–water partition coefficient (Wildman–Crippen LogP) is 4.56. The number of nitro groups is 1. The van der Waals surface area contributed by atoms with Crippen molar-refractivity contribution in [1.82, 2.24) is 9.80 Å². The van der Waals surface area contributed by atoms with Crippen LogP contribution in [-0.4, -0.2) is 46.8 Å². The fraction of sp³-hybridized carbons (Fsp3) is 0.208. The van der Waals surface area contributed by atoms with Crippen LogP contribution in [0.1, 0.15) is 27.5 Å². The van der Waals surface area contributed by atoms with E-state index >= 15 is 0 Å². The molecule has 1 amide bonds. The highest BCUT2D eigenvalue weighted by molar-refractivity contribution is 5.94. The van der Waals surface area contributed by atoms with E-state index in [1.165, 1.54) is 23.3 Å². The zero-order valence-electron chi connectivity index (χ0n) is 17.0. The first kappa shape index (κ1) is 22.5. The number of amides is 1. The lowest BCUT2D eigenvalue weighted by atomic mass is 9.96. The summed E-state index contributed by atoms with van der Waals surface area (Å²) >= 11 is 0. The molecule has 0 bridgehead atoms. The van der Waals surface area contributed by atoms with Crippen molar-refractivity contribution in [3.8, 4) is 0 Å². The van der Waals surface area contributed by atoms with Gasteiger partial charge in [-0.25, -0.2) is 0 Å². The van der Waals surface area contributed by atoms with Crippen molar-refractivity contribution in [3.63, 3.8) is 0 Å². The Hall–Kier alpha value is -3.22. The molecule has 31 heavy (non-hydrogen) atoms. The largest absolute Gasteiger partial charge is 0.336 e. The van der Waals surface area contributed by atoms with Crippen molar-refractivity contribution in [2.24, 2.45) is 0 Å². The van der Waals surface area contributed by atoms with Crippen LogP contribution in [0.25, 0.3) is 0 Å². The maximum atomic E-state index is 12.9. The molecule has 0 radical (unpaired) electrons. The third kappa shape index (κ3) is 5.10. The lowest BCUT2D eigenvalue weighted by Crippen LogP contribution is -2.49. The summed E-state index contributed by atoms with van der Waals surface area (Å²) in [4.78, 5) is 27.6. The van der Waals surface area contributed by atoms with E-state index in [2.05, 4.69) is 29.2 Å². The molecule has 0 saturated carbocycles. The number of nitro benzene ring substituents is 1. The Morgan fingerprint density at radius 1 is 0.806 bits per heavy atom. The molecular formula is C24H24ClN3O3. The Bertz CT molecular complexity index is 983. The fourth-order valence-electron chi connectivity index (χ4n) is 4.00. The van der Waals surface area contributed by atoms with E-state index in [1.54, 1.807) is 17.0 Å². The second-order valence-electron chi connectivity index (χ2n) is 7.36. The average molecular weight is 438 g/mol. The van der Waals surface area contributed by atoms with Gasteiger partial charge in [0.25, 0.3) is 11.6 Å². The highest BCUT2D eigenvalue weighted by Gasteiger charge is 2.28. The summed E-state index contributed by atoms with van der Waals surface area (Å²) in [5.74, 6) is -0.158. The first-order valence-corrected chi connectivity index (χ1v) is 10.0. The minimum absolute atomic E-state index is 0. The molecule has 7 heteroatoms. The van der Waals surface area contributed by atoms with Gasteiger partial charge in [0.05, 0.1) is 11.0 Å². The molecule has 0 aliphatic carbocycles. The first-order valence-electron chi connectivity index (χ1n) is 10.0. The molecule has 6 nitrogen and oxygen atoms in total. The lowest BCUT2D eigenvalue weighted by molar-refractivity contribution is -0.384. The van der Waals surface area contributed by atoms with Gasteiger partial charge in [0.2, 0.25) is 0 Å². The van der Waals surface area contributed by atoms with Gasteiger partial charge in [-0.2, -0.15) is 0 Å². The van der Waals surface area contributed by atoms with Gasteiger partial charge in [-0.15, -0.1) is 12.4 Å². The van der Waals surface area contributed by atoms with E-state index in [4.69, 9.17) is 0 Å². The van der Waals surface area contributed by atoms with E-state index in [0.717, 1.165) is 13.1 Å². The van der Waals surface area contributed by atoms with Crippen molar-refractivity contribution >= 4 is 24.0 Å². The maximum absolute atomic E-state index is 12.9. The highest BCUT2D eigenvalue weighted by atomic mass is 35.5. The van der Waals surface area contributed by atoms with Crippen molar-refractivity contribution in [2.45, 2.75) is 6.04 Å². The lowest BCUT2D eigenvalue weighted by Gasteiger charge is -2.39. The molecule has 3 aromatic rings. The summed E-state index contributed by atoms with van der Waals surface area (Å²) in [6.45, 7) is 2.62. The standard InChI is InChI=1S/C24H23N3O3.ClH/c28-24(21-12-7-13-22(18-21)27(29)30)26-16-14-25(15-17-26)23(19-8-3-1-4-9-19)20-10-5-2-6-11-20;/h1-13,18,23H,14-17H2;1H. The predicted molar refractivity (Wildman–Crippen MR) is 123 cm³/mol. The zero-order valence-corrected chi connectivity index (χ0v) is 17.8. The molecule has 0 spiro atoms. The smallest absolute Gasteiger partial charge is 0.270 e. The third-order valence-corrected chi connectivity index (χ3v) is 5.50. The molecule has 0 unspecified atom stereocenters. The van der Waals surface area contributed by atoms with Gasteiger partial charge in [0.15, 0.2) is 0 Å². The molecule has 0 N–H and O–H groups in total. The summed E-state index contributed by atoms with van der Waals surface area (Å²) in [6.07, 6.45) is 0. The zero-order chi connectivity index (χ0) is 20.9. The van der Waals surface area contributed by atoms with Gasteiger partial charge in [-0.3, -0.25) is 19.8 Å².